The summed E-state index contributed by atoms with van der Waals surface area (Å²) in [4.78, 5) is 38.0. The number of carbonyl (C=O) groups excluding carboxylic acids is 3. The normalized spacial score (nSPS) is 22.8. The molecule has 9 heteroatoms. The Morgan fingerprint density at radius 1 is 1.29 bits per heavy atom. The van der Waals surface area contributed by atoms with Crippen LogP contribution in [0.2, 0.25) is 10.0 Å². The first kappa shape index (κ1) is 16.8. The summed E-state index contributed by atoms with van der Waals surface area (Å²) in [6, 6.07) is 4.45. The number of hydrazine groups is 1. The van der Waals surface area contributed by atoms with Crippen LogP contribution in [-0.2, 0) is 19.1 Å². The predicted octanol–water partition coefficient (Wildman–Crippen LogP) is 1.55. The summed E-state index contributed by atoms with van der Waals surface area (Å²) in [5.74, 6) is -1.57. The molecule has 2 aliphatic heterocycles. The van der Waals surface area contributed by atoms with Crippen LogP contribution in [0.3, 0.4) is 0 Å². The van der Waals surface area contributed by atoms with Crippen molar-refractivity contribution in [3.63, 3.8) is 0 Å². The number of imide groups is 1. The molecule has 0 bridgehead atoms. The molecule has 0 saturated carbocycles. The molecule has 1 aromatic carbocycles. The molecule has 24 heavy (non-hydrogen) atoms. The Hall–Kier alpha value is -2.09. The van der Waals surface area contributed by atoms with Gasteiger partial charge in [0.1, 0.15) is 11.2 Å². The maximum Gasteiger partial charge on any atom is 0.355 e. The zero-order chi connectivity index (χ0) is 17.5. The van der Waals surface area contributed by atoms with Crippen LogP contribution in [0.4, 0.5) is 5.69 Å². The molecule has 0 unspecified atom stereocenters. The van der Waals surface area contributed by atoms with Crippen molar-refractivity contribution in [3.05, 3.63) is 40.0 Å². The molecule has 1 atom stereocenters. The van der Waals surface area contributed by atoms with E-state index in [4.69, 9.17) is 27.9 Å². The molecule has 2 amide bonds. The summed E-state index contributed by atoms with van der Waals surface area (Å²) in [6.07, 6.45) is 1.23. The van der Waals surface area contributed by atoms with Gasteiger partial charge in [0.25, 0.3) is 5.91 Å². The van der Waals surface area contributed by atoms with Crippen molar-refractivity contribution < 1.29 is 19.1 Å². The highest BCUT2D eigenvalue weighted by atomic mass is 35.5. The maximum atomic E-state index is 12.8. The quantitative estimate of drug-likeness (QED) is 0.620. The number of amides is 2. The molecule has 3 rings (SSSR count). The molecule has 126 valence electrons. The Balaban J connectivity index is 1.94. The number of carbonyl (C=O) groups is 3. The zero-order valence-electron chi connectivity index (χ0n) is 12.6. The first-order chi connectivity index (χ1) is 11.4. The van der Waals surface area contributed by atoms with Crippen molar-refractivity contribution in [1.82, 2.24) is 10.9 Å². The molecule has 2 N–H and O–H groups in total. The predicted molar refractivity (Wildman–Crippen MR) is 87.3 cm³/mol. The van der Waals surface area contributed by atoms with E-state index in [-0.39, 0.29) is 24.4 Å². The summed E-state index contributed by atoms with van der Waals surface area (Å²) < 4.78 is 4.88. The van der Waals surface area contributed by atoms with Gasteiger partial charge in [-0.3, -0.25) is 9.59 Å². The first-order valence-corrected chi connectivity index (χ1v) is 7.88. The van der Waals surface area contributed by atoms with Gasteiger partial charge in [-0.05, 0) is 31.2 Å². The van der Waals surface area contributed by atoms with Crippen LogP contribution >= 0.6 is 23.2 Å². The Kier molecular flexibility index (Phi) is 4.25. The molecule has 1 aromatic rings. The fourth-order valence-corrected chi connectivity index (χ4v) is 3.18. The van der Waals surface area contributed by atoms with Gasteiger partial charge in [0.2, 0.25) is 5.91 Å². The van der Waals surface area contributed by atoms with Gasteiger partial charge in [-0.15, -0.1) is 0 Å². The Morgan fingerprint density at radius 2 is 1.96 bits per heavy atom. The SMILES string of the molecule is CCOC(=O)C1=C[C@@]2(CC(=O)N(c3cc(Cl)cc(Cl)c3)C2=O)NN1. The minimum absolute atomic E-state index is 0.0870. The van der Waals surface area contributed by atoms with Crippen LogP contribution < -0.4 is 15.8 Å². The van der Waals surface area contributed by atoms with Crippen molar-refractivity contribution in [3.8, 4) is 0 Å². The van der Waals surface area contributed by atoms with Crippen LogP contribution in [-0.4, -0.2) is 29.9 Å². The Morgan fingerprint density at radius 3 is 2.58 bits per heavy atom. The summed E-state index contributed by atoms with van der Waals surface area (Å²) >= 11 is 11.9. The highest BCUT2D eigenvalue weighted by molar-refractivity contribution is 6.36. The second-order valence-electron chi connectivity index (χ2n) is 5.34. The van der Waals surface area contributed by atoms with Crippen molar-refractivity contribution in [2.24, 2.45) is 0 Å². The lowest BCUT2D eigenvalue weighted by Gasteiger charge is -2.20. The number of esters is 1. The van der Waals surface area contributed by atoms with Gasteiger partial charge in [0.05, 0.1) is 18.7 Å². The average Bonchev–Trinajstić information content (AvgIpc) is 3.01. The lowest BCUT2D eigenvalue weighted by molar-refractivity contribution is -0.139. The van der Waals surface area contributed by atoms with E-state index in [9.17, 15) is 14.4 Å². The van der Waals surface area contributed by atoms with Gasteiger partial charge in [-0.1, -0.05) is 23.2 Å². The summed E-state index contributed by atoms with van der Waals surface area (Å²) in [5.41, 5.74) is 4.34. The van der Waals surface area contributed by atoms with E-state index in [0.29, 0.717) is 10.0 Å². The van der Waals surface area contributed by atoms with Gasteiger partial charge in [0, 0.05) is 10.0 Å². The third-order valence-corrected chi connectivity index (χ3v) is 4.11. The fraction of sp³-hybridized carbons (Fsp3) is 0.267. The van der Waals surface area contributed by atoms with Crippen LogP contribution in [0.5, 0.6) is 0 Å². The number of halogens is 2. The second kappa shape index (κ2) is 6.08. The lowest BCUT2D eigenvalue weighted by atomic mass is 9.98. The minimum Gasteiger partial charge on any atom is -0.461 e. The number of nitrogens with one attached hydrogen (secondary N) is 2. The van der Waals surface area contributed by atoms with Crippen molar-refractivity contribution in [2.75, 3.05) is 11.5 Å². The van der Waals surface area contributed by atoms with E-state index in [1.165, 1.54) is 24.3 Å². The summed E-state index contributed by atoms with van der Waals surface area (Å²) in [6.45, 7) is 1.87. The van der Waals surface area contributed by atoms with Gasteiger partial charge < -0.3 is 10.2 Å². The van der Waals surface area contributed by atoms with Crippen LogP contribution in [0, 0.1) is 0 Å². The zero-order valence-corrected chi connectivity index (χ0v) is 14.1. The van der Waals surface area contributed by atoms with Crippen molar-refractivity contribution >= 4 is 46.7 Å². The molecule has 1 spiro atoms. The third-order valence-electron chi connectivity index (χ3n) is 3.68. The number of rotatable bonds is 3. The number of nitrogens with zero attached hydrogens (tertiary/aromatic N) is 1. The second-order valence-corrected chi connectivity index (χ2v) is 6.21. The fourth-order valence-electron chi connectivity index (χ4n) is 2.66. The number of anilines is 1. The number of benzene rings is 1. The number of ether oxygens (including phenoxy) is 1. The Labute approximate surface area is 147 Å². The molecule has 7 nitrogen and oxygen atoms in total. The van der Waals surface area contributed by atoms with E-state index < -0.39 is 23.3 Å². The molecule has 2 aliphatic rings. The Bertz CT molecular complexity index is 760. The number of hydrogen-bond acceptors (Lipinski definition) is 6. The standard InChI is InChI=1S/C15H13Cl2N3O4/c1-2-24-13(22)11-6-15(19-18-11)7-12(21)20(14(15)23)10-4-8(16)3-9(17)5-10/h3-6,18-19H,2,7H2,1H3/t15-/m0/s1. The van der Waals surface area contributed by atoms with E-state index in [0.717, 1.165) is 4.90 Å². The van der Waals surface area contributed by atoms with E-state index in [1.54, 1.807) is 6.92 Å². The smallest absolute Gasteiger partial charge is 0.355 e. The van der Waals surface area contributed by atoms with Crippen molar-refractivity contribution in [2.45, 2.75) is 18.9 Å². The minimum atomic E-state index is -1.34. The largest absolute Gasteiger partial charge is 0.461 e. The topological polar surface area (TPSA) is 87.7 Å². The molecular weight excluding hydrogens is 357 g/mol. The summed E-state index contributed by atoms with van der Waals surface area (Å²) in [7, 11) is 0. The molecule has 0 radical (unpaired) electrons. The highest BCUT2D eigenvalue weighted by Crippen LogP contribution is 2.35. The van der Waals surface area contributed by atoms with Crippen LogP contribution in [0.25, 0.3) is 0 Å². The molecule has 2 heterocycles. The summed E-state index contributed by atoms with van der Waals surface area (Å²) in [5, 5.41) is 0.610. The van der Waals surface area contributed by atoms with Gasteiger partial charge in [-0.2, -0.15) is 0 Å². The molecule has 1 saturated heterocycles. The van der Waals surface area contributed by atoms with E-state index in [2.05, 4.69) is 10.9 Å². The van der Waals surface area contributed by atoms with Crippen LogP contribution in [0.1, 0.15) is 13.3 Å². The monoisotopic (exact) mass is 369 g/mol. The maximum absolute atomic E-state index is 12.8. The molecule has 0 aliphatic carbocycles. The van der Waals surface area contributed by atoms with E-state index >= 15 is 0 Å². The number of hydrogen-bond donors (Lipinski definition) is 2. The van der Waals surface area contributed by atoms with Crippen LogP contribution in [0.15, 0.2) is 30.0 Å². The van der Waals surface area contributed by atoms with E-state index in [1.807, 2.05) is 0 Å². The molecule has 1 fully saturated rings. The van der Waals surface area contributed by atoms with Gasteiger partial charge in [0.15, 0.2) is 0 Å². The van der Waals surface area contributed by atoms with Crippen molar-refractivity contribution in [1.29, 1.82) is 0 Å². The lowest BCUT2D eigenvalue weighted by Crippen LogP contribution is -2.51. The molecular formula is C15H13Cl2N3O4. The average molecular weight is 370 g/mol. The first-order valence-electron chi connectivity index (χ1n) is 7.13. The highest BCUT2D eigenvalue weighted by Gasteiger charge is 2.54. The third kappa shape index (κ3) is 2.75. The molecule has 0 aromatic heterocycles. The van der Waals surface area contributed by atoms with Gasteiger partial charge in [-0.25, -0.2) is 15.1 Å². The van der Waals surface area contributed by atoms with Gasteiger partial charge >= 0.3 is 5.97 Å².